The molecule has 0 atom stereocenters. The molecule has 5 nitrogen and oxygen atoms in total. The first-order chi connectivity index (χ1) is 10.1. The van der Waals surface area contributed by atoms with Crippen LogP contribution in [0.5, 0.6) is 0 Å². The van der Waals surface area contributed by atoms with E-state index in [2.05, 4.69) is 44.6 Å². The Kier molecular flexibility index (Phi) is 8.80. The Labute approximate surface area is 136 Å². The molecule has 1 aromatic heterocycles. The number of anilines is 1. The summed E-state index contributed by atoms with van der Waals surface area (Å²) in [6.07, 6.45) is 0. The largest absolute Gasteiger partial charge is 0.380 e. The minimum absolute atomic E-state index is 0.293. The summed E-state index contributed by atoms with van der Waals surface area (Å²) >= 11 is 3.47. The third-order valence-electron chi connectivity index (χ3n) is 2.96. The Morgan fingerprint density at radius 3 is 2.14 bits per heavy atom. The van der Waals surface area contributed by atoms with Gasteiger partial charge in [-0.2, -0.15) is 0 Å². The van der Waals surface area contributed by atoms with Crippen LogP contribution in [-0.4, -0.2) is 49.5 Å². The van der Waals surface area contributed by atoms with Gasteiger partial charge in [-0.15, -0.1) is 0 Å². The second-order valence-corrected chi connectivity index (χ2v) is 5.76. The monoisotopic (exact) mass is 359 g/mol. The second-order valence-electron chi connectivity index (χ2n) is 4.94. The Morgan fingerprint density at radius 1 is 1.10 bits per heavy atom. The highest BCUT2D eigenvalue weighted by molar-refractivity contribution is 9.10. The van der Waals surface area contributed by atoms with Crippen molar-refractivity contribution in [1.29, 1.82) is 0 Å². The van der Waals surface area contributed by atoms with Crippen LogP contribution < -0.4 is 4.90 Å². The molecule has 0 unspecified atom stereocenters. The maximum atomic E-state index is 5.46. The molecule has 0 bridgehead atoms. The molecule has 0 aromatic carbocycles. The number of hydrogen-bond acceptors (Lipinski definition) is 5. The summed E-state index contributed by atoms with van der Waals surface area (Å²) in [6.45, 7) is 12.6. The van der Waals surface area contributed by atoms with Gasteiger partial charge in [0.1, 0.15) is 16.2 Å². The molecule has 0 saturated carbocycles. The smallest absolute Gasteiger partial charge is 0.134 e. The van der Waals surface area contributed by atoms with E-state index >= 15 is 0 Å². The highest BCUT2D eigenvalue weighted by atomic mass is 79.9. The lowest BCUT2D eigenvalue weighted by molar-refractivity contribution is 0.141. The predicted molar refractivity (Wildman–Crippen MR) is 89.0 cm³/mol. The van der Waals surface area contributed by atoms with Gasteiger partial charge in [0.05, 0.1) is 13.2 Å². The van der Waals surface area contributed by atoms with E-state index in [-0.39, 0.29) is 0 Å². The molecule has 0 amide bonds. The Hall–Kier alpha value is -0.720. The molecular formula is C15H26BrN3O2. The number of hydrogen-bond donors (Lipinski definition) is 0. The van der Waals surface area contributed by atoms with Gasteiger partial charge in [0.15, 0.2) is 0 Å². The molecule has 6 heteroatoms. The number of aromatic nitrogens is 2. The van der Waals surface area contributed by atoms with E-state index in [1.165, 1.54) is 0 Å². The fraction of sp³-hybridized carbons (Fsp3) is 0.733. The number of ether oxygens (including phenoxy) is 2. The normalized spacial score (nSPS) is 11.1. The summed E-state index contributed by atoms with van der Waals surface area (Å²) in [6, 6.07) is 1.95. The average molecular weight is 360 g/mol. The molecule has 21 heavy (non-hydrogen) atoms. The molecule has 0 saturated heterocycles. The number of halogens is 1. The van der Waals surface area contributed by atoms with Crippen molar-refractivity contribution >= 4 is 21.7 Å². The minimum atomic E-state index is 0.293. The summed E-state index contributed by atoms with van der Waals surface area (Å²) in [5.74, 6) is 2.05. The van der Waals surface area contributed by atoms with E-state index in [0.717, 1.165) is 42.5 Å². The van der Waals surface area contributed by atoms with Crippen LogP contribution in [0.1, 0.15) is 39.4 Å². The fourth-order valence-electron chi connectivity index (χ4n) is 1.82. The van der Waals surface area contributed by atoms with Crippen molar-refractivity contribution in [3.05, 3.63) is 16.5 Å². The highest BCUT2D eigenvalue weighted by Crippen LogP contribution is 2.20. The average Bonchev–Trinajstić information content (AvgIpc) is 2.45. The van der Waals surface area contributed by atoms with Crippen molar-refractivity contribution in [3.63, 3.8) is 0 Å². The lowest BCUT2D eigenvalue weighted by Gasteiger charge is -2.24. The molecule has 0 radical (unpaired) electrons. The predicted octanol–water partition coefficient (Wildman–Crippen LogP) is 3.24. The van der Waals surface area contributed by atoms with Gasteiger partial charge in [-0.05, 0) is 29.8 Å². The molecular weight excluding hydrogens is 334 g/mol. The fourth-order valence-corrected chi connectivity index (χ4v) is 2.21. The third kappa shape index (κ3) is 6.72. The molecule has 0 N–H and O–H groups in total. The van der Waals surface area contributed by atoms with Crippen molar-refractivity contribution in [3.8, 4) is 0 Å². The molecule has 0 fully saturated rings. The molecule has 0 aliphatic rings. The van der Waals surface area contributed by atoms with E-state index in [0.29, 0.717) is 19.1 Å². The Morgan fingerprint density at radius 2 is 1.67 bits per heavy atom. The first-order valence-corrected chi connectivity index (χ1v) is 8.32. The molecule has 1 aromatic rings. The standard InChI is InChI=1S/C15H26BrN3O2/c1-5-20-9-7-19(8-10-21-6-2)14-11-13(16)17-15(18-14)12(3)4/h11-12H,5-10H2,1-4H3. The van der Waals surface area contributed by atoms with Gasteiger partial charge in [-0.25, -0.2) is 9.97 Å². The van der Waals surface area contributed by atoms with Crippen molar-refractivity contribution in [2.75, 3.05) is 44.4 Å². The zero-order chi connectivity index (χ0) is 15.7. The van der Waals surface area contributed by atoms with Crippen LogP contribution in [-0.2, 0) is 9.47 Å². The van der Waals surface area contributed by atoms with Crippen LogP contribution in [0, 0.1) is 0 Å². The van der Waals surface area contributed by atoms with Crippen LogP contribution >= 0.6 is 15.9 Å². The topological polar surface area (TPSA) is 47.5 Å². The molecule has 1 heterocycles. The summed E-state index contributed by atoms with van der Waals surface area (Å²) in [4.78, 5) is 11.3. The van der Waals surface area contributed by atoms with E-state index in [9.17, 15) is 0 Å². The molecule has 0 aliphatic carbocycles. The summed E-state index contributed by atoms with van der Waals surface area (Å²) in [5, 5.41) is 0. The van der Waals surface area contributed by atoms with Gasteiger partial charge in [0.25, 0.3) is 0 Å². The number of nitrogens with zero attached hydrogens (tertiary/aromatic N) is 3. The molecule has 0 spiro atoms. The quantitative estimate of drug-likeness (QED) is 0.474. The van der Waals surface area contributed by atoms with Gasteiger partial charge in [0, 0.05) is 38.3 Å². The molecule has 0 aliphatic heterocycles. The van der Waals surface area contributed by atoms with E-state index in [4.69, 9.17) is 9.47 Å². The van der Waals surface area contributed by atoms with Crippen LogP contribution in [0.3, 0.4) is 0 Å². The third-order valence-corrected chi connectivity index (χ3v) is 3.36. The summed E-state index contributed by atoms with van der Waals surface area (Å²) < 4.78 is 11.7. The Balaban J connectivity index is 2.84. The second kappa shape index (κ2) is 10.1. The minimum Gasteiger partial charge on any atom is -0.380 e. The zero-order valence-corrected chi connectivity index (χ0v) is 15.0. The van der Waals surface area contributed by atoms with Crippen molar-refractivity contribution in [2.24, 2.45) is 0 Å². The summed E-state index contributed by atoms with van der Waals surface area (Å²) in [7, 11) is 0. The van der Waals surface area contributed by atoms with Gasteiger partial charge < -0.3 is 14.4 Å². The van der Waals surface area contributed by atoms with Gasteiger partial charge >= 0.3 is 0 Å². The van der Waals surface area contributed by atoms with Gasteiger partial charge in [-0.1, -0.05) is 13.8 Å². The van der Waals surface area contributed by atoms with E-state index in [1.54, 1.807) is 0 Å². The summed E-state index contributed by atoms with van der Waals surface area (Å²) in [5.41, 5.74) is 0. The van der Waals surface area contributed by atoms with Crippen molar-refractivity contribution in [2.45, 2.75) is 33.6 Å². The van der Waals surface area contributed by atoms with Crippen LogP contribution in [0.4, 0.5) is 5.82 Å². The maximum absolute atomic E-state index is 5.46. The van der Waals surface area contributed by atoms with Crippen molar-refractivity contribution in [1.82, 2.24) is 9.97 Å². The lowest BCUT2D eigenvalue weighted by atomic mass is 10.2. The maximum Gasteiger partial charge on any atom is 0.134 e. The molecule has 1 rings (SSSR count). The van der Waals surface area contributed by atoms with Gasteiger partial charge in [-0.3, -0.25) is 0 Å². The zero-order valence-electron chi connectivity index (χ0n) is 13.4. The molecule has 120 valence electrons. The van der Waals surface area contributed by atoms with E-state index < -0.39 is 0 Å². The van der Waals surface area contributed by atoms with E-state index in [1.807, 2.05) is 19.9 Å². The number of rotatable bonds is 10. The highest BCUT2D eigenvalue weighted by Gasteiger charge is 2.13. The van der Waals surface area contributed by atoms with Gasteiger partial charge in [0.2, 0.25) is 0 Å². The van der Waals surface area contributed by atoms with Crippen molar-refractivity contribution < 1.29 is 9.47 Å². The SMILES string of the molecule is CCOCCN(CCOCC)c1cc(Br)nc(C(C)C)n1. The Bertz CT molecular complexity index is 406. The first kappa shape index (κ1) is 18.3. The first-order valence-electron chi connectivity index (χ1n) is 7.53. The van der Waals surface area contributed by atoms with Crippen LogP contribution in [0.25, 0.3) is 0 Å². The lowest BCUT2D eigenvalue weighted by Crippen LogP contribution is -2.32. The van der Waals surface area contributed by atoms with Crippen LogP contribution in [0.2, 0.25) is 0 Å². The van der Waals surface area contributed by atoms with Crippen LogP contribution in [0.15, 0.2) is 10.7 Å².